The van der Waals surface area contributed by atoms with Crippen molar-refractivity contribution < 1.29 is 32.7 Å². The molecular weight excluding hydrogens is 333 g/mol. The van der Waals surface area contributed by atoms with Crippen LogP contribution in [0.3, 0.4) is 0 Å². The summed E-state index contributed by atoms with van der Waals surface area (Å²) in [5.41, 5.74) is 4.05. The van der Waals surface area contributed by atoms with Crippen molar-refractivity contribution in [3.05, 3.63) is 71.3 Å². The Kier molecular flexibility index (Phi) is 6.56. The van der Waals surface area contributed by atoms with Gasteiger partial charge in [-0.3, -0.25) is 4.90 Å². The third kappa shape index (κ3) is 4.23. The third-order valence-corrected chi connectivity index (χ3v) is 3.97. The van der Waals surface area contributed by atoms with E-state index < -0.39 is 0 Å². The van der Waals surface area contributed by atoms with Crippen molar-refractivity contribution in [2.75, 3.05) is 26.2 Å². The second-order valence-electron chi connectivity index (χ2n) is 5.43. The zero-order valence-corrected chi connectivity index (χ0v) is 15.4. The summed E-state index contributed by atoms with van der Waals surface area (Å²) in [7, 11) is 0. The molecule has 0 saturated carbocycles. The molecule has 1 atom stereocenters. The van der Waals surface area contributed by atoms with Gasteiger partial charge >= 0.3 is 0 Å². The first-order chi connectivity index (χ1) is 9.84. The van der Waals surface area contributed by atoms with Gasteiger partial charge < -0.3 is 5.32 Å². The van der Waals surface area contributed by atoms with Crippen LogP contribution in [0, 0.1) is 13.0 Å². The molecule has 2 nitrogen and oxygen atoms in total. The fourth-order valence-electron chi connectivity index (χ4n) is 2.89. The molecular formula is C18H21N2Y-. The standard InChI is InChI=1S/C18H21N2.Y/c1-15-7-9-17(10-8-15)18(16-5-3-2-4-6-16)20-13-11-19-12-14-20;/h3-10,18-19H,11-14H2,1H3;/q-1;. The van der Waals surface area contributed by atoms with Gasteiger partial charge in [-0.1, -0.05) is 29.8 Å². The first kappa shape index (κ1) is 16.8. The largest absolute Gasteiger partial charge is 0.314 e. The topological polar surface area (TPSA) is 15.3 Å². The molecule has 1 saturated heterocycles. The SMILES string of the molecule is Cc1ccc(C(c2cc[c-]cc2)N2CCNCC2)cc1.[Y]. The molecule has 2 aromatic rings. The summed E-state index contributed by atoms with van der Waals surface area (Å²) < 4.78 is 0. The van der Waals surface area contributed by atoms with Crippen molar-refractivity contribution in [1.29, 1.82) is 0 Å². The van der Waals surface area contributed by atoms with Crippen LogP contribution in [0.5, 0.6) is 0 Å². The van der Waals surface area contributed by atoms with Crippen molar-refractivity contribution in [1.82, 2.24) is 10.2 Å². The van der Waals surface area contributed by atoms with Gasteiger partial charge in [0, 0.05) is 64.9 Å². The molecule has 0 spiro atoms. The molecule has 0 amide bonds. The van der Waals surface area contributed by atoms with Crippen molar-refractivity contribution in [3.8, 4) is 0 Å². The monoisotopic (exact) mass is 354 g/mol. The van der Waals surface area contributed by atoms with Gasteiger partial charge in [0.1, 0.15) is 0 Å². The Morgan fingerprint density at radius 2 is 1.52 bits per heavy atom. The number of aryl methyl sites for hydroxylation is 1. The Balaban J connectivity index is 0.00000161. The third-order valence-electron chi connectivity index (χ3n) is 3.97. The zero-order valence-electron chi connectivity index (χ0n) is 12.5. The molecule has 0 bridgehead atoms. The van der Waals surface area contributed by atoms with Crippen molar-refractivity contribution in [3.63, 3.8) is 0 Å². The Hall–Kier alpha value is -0.536. The van der Waals surface area contributed by atoms with Gasteiger partial charge in [0.2, 0.25) is 0 Å². The van der Waals surface area contributed by atoms with Crippen LogP contribution in [0.25, 0.3) is 0 Å². The van der Waals surface area contributed by atoms with Crippen LogP contribution in [-0.4, -0.2) is 31.1 Å². The van der Waals surface area contributed by atoms with E-state index in [9.17, 15) is 0 Å². The first-order valence-corrected chi connectivity index (χ1v) is 7.32. The number of nitrogens with one attached hydrogen (secondary N) is 1. The van der Waals surface area contributed by atoms with E-state index >= 15 is 0 Å². The number of hydrogen-bond donors (Lipinski definition) is 1. The molecule has 1 unspecified atom stereocenters. The van der Waals surface area contributed by atoms with E-state index in [2.05, 4.69) is 59.6 Å². The number of rotatable bonds is 3. The molecule has 1 fully saturated rings. The van der Waals surface area contributed by atoms with Crippen molar-refractivity contribution in [2.45, 2.75) is 13.0 Å². The average molecular weight is 354 g/mol. The predicted octanol–water partition coefficient (Wildman–Crippen LogP) is 2.79. The van der Waals surface area contributed by atoms with E-state index in [0.29, 0.717) is 6.04 Å². The van der Waals surface area contributed by atoms with Crippen LogP contribution >= 0.6 is 0 Å². The van der Waals surface area contributed by atoms with Gasteiger partial charge in [-0.05, 0) is 12.5 Å². The number of hydrogen-bond acceptors (Lipinski definition) is 2. The predicted molar refractivity (Wildman–Crippen MR) is 82.7 cm³/mol. The minimum Gasteiger partial charge on any atom is -0.314 e. The maximum absolute atomic E-state index is 3.43. The van der Waals surface area contributed by atoms with Crippen molar-refractivity contribution >= 4 is 0 Å². The summed E-state index contributed by atoms with van der Waals surface area (Å²) in [6, 6.07) is 20.8. The van der Waals surface area contributed by atoms with E-state index in [4.69, 9.17) is 0 Å². The molecule has 1 radical (unpaired) electrons. The minimum atomic E-state index is 0. The molecule has 0 aliphatic carbocycles. The average Bonchev–Trinajstić information content (AvgIpc) is 2.52. The Morgan fingerprint density at radius 3 is 2.14 bits per heavy atom. The summed E-state index contributed by atoms with van der Waals surface area (Å²) >= 11 is 0. The van der Waals surface area contributed by atoms with Crippen LogP contribution in [0.15, 0.2) is 48.5 Å². The zero-order chi connectivity index (χ0) is 13.8. The summed E-state index contributed by atoms with van der Waals surface area (Å²) in [5, 5.41) is 3.43. The van der Waals surface area contributed by atoms with Crippen LogP contribution in [0.1, 0.15) is 22.7 Å². The summed E-state index contributed by atoms with van der Waals surface area (Å²) in [5.74, 6) is 0. The molecule has 3 rings (SSSR count). The summed E-state index contributed by atoms with van der Waals surface area (Å²) in [6.07, 6.45) is 0. The molecule has 107 valence electrons. The van der Waals surface area contributed by atoms with E-state index in [1.807, 2.05) is 12.1 Å². The Labute approximate surface area is 152 Å². The van der Waals surface area contributed by atoms with E-state index in [-0.39, 0.29) is 32.7 Å². The summed E-state index contributed by atoms with van der Waals surface area (Å²) in [4.78, 5) is 2.57. The molecule has 1 aliphatic heterocycles. The maximum Gasteiger partial charge on any atom is 0.0381 e. The normalized spacial score (nSPS) is 17.0. The van der Waals surface area contributed by atoms with Crippen LogP contribution in [0.4, 0.5) is 0 Å². The van der Waals surface area contributed by atoms with Crippen LogP contribution in [0.2, 0.25) is 0 Å². The van der Waals surface area contributed by atoms with Gasteiger partial charge in [0.15, 0.2) is 0 Å². The number of piperazine rings is 1. The fraction of sp³-hybridized carbons (Fsp3) is 0.333. The fourth-order valence-corrected chi connectivity index (χ4v) is 2.89. The number of benzene rings is 2. The van der Waals surface area contributed by atoms with E-state index in [0.717, 1.165) is 26.2 Å². The quantitative estimate of drug-likeness (QED) is 0.853. The minimum absolute atomic E-state index is 0. The van der Waals surface area contributed by atoms with Gasteiger partial charge in [-0.25, -0.2) is 0 Å². The Morgan fingerprint density at radius 1 is 0.952 bits per heavy atom. The Bertz CT molecular complexity index is 533. The van der Waals surface area contributed by atoms with E-state index in [1.165, 1.54) is 16.7 Å². The number of nitrogens with zero attached hydrogens (tertiary/aromatic N) is 1. The molecule has 2 aromatic carbocycles. The molecule has 0 aromatic heterocycles. The molecule has 21 heavy (non-hydrogen) atoms. The van der Waals surface area contributed by atoms with Gasteiger partial charge in [0.05, 0.1) is 0 Å². The molecule has 1 heterocycles. The van der Waals surface area contributed by atoms with Gasteiger partial charge in [0.25, 0.3) is 0 Å². The van der Waals surface area contributed by atoms with Crippen molar-refractivity contribution in [2.24, 2.45) is 0 Å². The molecule has 1 N–H and O–H groups in total. The van der Waals surface area contributed by atoms with E-state index in [1.54, 1.807) is 0 Å². The first-order valence-electron chi connectivity index (χ1n) is 7.32. The molecule has 3 heteroatoms. The second-order valence-corrected chi connectivity index (χ2v) is 5.43. The maximum atomic E-state index is 3.43. The van der Waals surface area contributed by atoms with Gasteiger partial charge in [-0.15, -0.1) is 5.56 Å². The summed E-state index contributed by atoms with van der Waals surface area (Å²) in [6.45, 7) is 6.47. The smallest absolute Gasteiger partial charge is 0.0381 e. The molecule has 1 aliphatic rings. The second kappa shape index (κ2) is 8.19. The van der Waals surface area contributed by atoms with Crippen LogP contribution in [-0.2, 0) is 32.7 Å². The van der Waals surface area contributed by atoms with Gasteiger partial charge in [-0.2, -0.15) is 30.3 Å². The van der Waals surface area contributed by atoms with Crippen LogP contribution < -0.4 is 5.32 Å².